The van der Waals surface area contributed by atoms with E-state index in [9.17, 15) is 4.79 Å². The van der Waals surface area contributed by atoms with Gasteiger partial charge in [0.05, 0.1) is 26.3 Å². The number of carbonyl (C=O) groups is 1. The van der Waals surface area contributed by atoms with Gasteiger partial charge >= 0.3 is 6.09 Å². The van der Waals surface area contributed by atoms with Crippen molar-refractivity contribution < 1.29 is 14.3 Å². The van der Waals surface area contributed by atoms with Gasteiger partial charge in [0, 0.05) is 25.7 Å². The van der Waals surface area contributed by atoms with Gasteiger partial charge in [-0.2, -0.15) is 0 Å². The first-order chi connectivity index (χ1) is 13.1. The summed E-state index contributed by atoms with van der Waals surface area (Å²) in [5, 5.41) is 6.27. The Labute approximate surface area is 162 Å². The van der Waals surface area contributed by atoms with Crippen molar-refractivity contribution in [3.63, 3.8) is 0 Å². The summed E-state index contributed by atoms with van der Waals surface area (Å²) in [5.74, 6) is 2.15. The molecule has 1 aromatic carbocycles. The Balaban J connectivity index is 2.03. The predicted octanol–water partition coefficient (Wildman–Crippen LogP) is 2.62. The topological polar surface area (TPSA) is 75.2 Å². The van der Waals surface area contributed by atoms with E-state index < -0.39 is 0 Å². The molecule has 1 fully saturated rings. The summed E-state index contributed by atoms with van der Waals surface area (Å²) >= 11 is 0. The van der Waals surface area contributed by atoms with Crippen LogP contribution in [0.5, 0.6) is 5.75 Å². The van der Waals surface area contributed by atoms with E-state index in [-0.39, 0.29) is 12.1 Å². The summed E-state index contributed by atoms with van der Waals surface area (Å²) in [4.78, 5) is 18.6. The third kappa shape index (κ3) is 6.66. The molecule has 1 saturated carbocycles. The number of para-hydroxylation sites is 1. The fourth-order valence-electron chi connectivity index (χ4n) is 2.95. The Morgan fingerprint density at radius 1 is 1.33 bits per heavy atom. The monoisotopic (exact) mass is 376 g/mol. The molecule has 1 amide bonds. The molecule has 1 unspecified atom stereocenters. The third-order valence-electron chi connectivity index (χ3n) is 4.50. The summed E-state index contributed by atoms with van der Waals surface area (Å²) in [7, 11) is 3.68. The van der Waals surface area contributed by atoms with E-state index in [0.717, 1.165) is 36.7 Å². The fourth-order valence-corrected chi connectivity index (χ4v) is 2.95. The van der Waals surface area contributed by atoms with Crippen LogP contribution in [-0.4, -0.2) is 56.8 Å². The fraction of sp³-hybridized carbons (Fsp3) is 0.600. The molecule has 1 atom stereocenters. The largest absolute Gasteiger partial charge is 0.496 e. The number of guanidine groups is 1. The highest BCUT2D eigenvalue weighted by atomic mass is 16.5. The number of rotatable bonds is 9. The number of aliphatic imine (C=N–C) groups is 1. The molecular weight excluding hydrogens is 344 g/mol. The Kier molecular flexibility index (Phi) is 8.23. The maximum Gasteiger partial charge on any atom is 0.407 e. The first kappa shape index (κ1) is 20.9. The smallest absolute Gasteiger partial charge is 0.407 e. The minimum absolute atomic E-state index is 0.0115. The van der Waals surface area contributed by atoms with Crippen molar-refractivity contribution in [2.45, 2.75) is 39.3 Å². The second-order valence-corrected chi connectivity index (χ2v) is 6.67. The average molecular weight is 377 g/mol. The molecule has 0 aliphatic heterocycles. The van der Waals surface area contributed by atoms with Gasteiger partial charge in [-0.1, -0.05) is 18.2 Å². The zero-order chi connectivity index (χ0) is 19.6. The highest BCUT2D eigenvalue weighted by Crippen LogP contribution is 2.32. The van der Waals surface area contributed by atoms with Gasteiger partial charge in [0.15, 0.2) is 5.96 Å². The standard InChI is InChI=1S/C20H32N4O3/c1-5-21-19(24(3)14-16-9-7-8-10-18(16)26-4)22-13-17(15-11-12-15)23-20(25)27-6-2/h7-10,15,17H,5-6,11-14H2,1-4H3,(H,21,22)(H,23,25). The summed E-state index contributed by atoms with van der Waals surface area (Å²) in [6.45, 7) is 6.20. The average Bonchev–Trinajstić information content (AvgIpc) is 3.49. The van der Waals surface area contributed by atoms with Crippen molar-refractivity contribution in [3.05, 3.63) is 29.8 Å². The molecule has 2 N–H and O–H groups in total. The van der Waals surface area contributed by atoms with E-state index in [1.54, 1.807) is 14.0 Å². The molecule has 1 aliphatic carbocycles. The van der Waals surface area contributed by atoms with Crippen molar-refractivity contribution in [1.29, 1.82) is 0 Å². The number of hydrogen-bond donors (Lipinski definition) is 2. The third-order valence-corrected chi connectivity index (χ3v) is 4.50. The van der Waals surface area contributed by atoms with Crippen LogP contribution in [-0.2, 0) is 11.3 Å². The minimum atomic E-state index is -0.364. The molecule has 0 spiro atoms. The molecule has 27 heavy (non-hydrogen) atoms. The lowest BCUT2D eigenvalue weighted by Gasteiger charge is -2.24. The zero-order valence-corrected chi connectivity index (χ0v) is 16.8. The van der Waals surface area contributed by atoms with E-state index in [4.69, 9.17) is 14.5 Å². The molecule has 0 aromatic heterocycles. The van der Waals surface area contributed by atoms with E-state index in [0.29, 0.717) is 25.6 Å². The number of nitrogens with one attached hydrogen (secondary N) is 2. The molecule has 2 rings (SSSR count). The maximum atomic E-state index is 11.8. The number of benzene rings is 1. The zero-order valence-electron chi connectivity index (χ0n) is 16.8. The molecule has 1 aromatic rings. The number of hydrogen-bond acceptors (Lipinski definition) is 4. The molecule has 0 bridgehead atoms. The second-order valence-electron chi connectivity index (χ2n) is 6.67. The Hall–Kier alpha value is -2.44. The number of ether oxygens (including phenoxy) is 2. The molecule has 0 heterocycles. The molecule has 1 aliphatic rings. The summed E-state index contributed by atoms with van der Waals surface area (Å²) in [6.07, 6.45) is 1.89. The van der Waals surface area contributed by atoms with E-state index in [1.807, 2.05) is 38.2 Å². The predicted molar refractivity (Wildman–Crippen MR) is 107 cm³/mol. The van der Waals surface area contributed by atoms with Crippen LogP contribution in [0, 0.1) is 5.92 Å². The van der Waals surface area contributed by atoms with Crippen molar-refractivity contribution in [2.75, 3.05) is 33.9 Å². The van der Waals surface area contributed by atoms with Crippen molar-refractivity contribution in [1.82, 2.24) is 15.5 Å². The van der Waals surface area contributed by atoms with Crippen molar-refractivity contribution in [2.24, 2.45) is 10.9 Å². The van der Waals surface area contributed by atoms with Gasteiger partial charge in [-0.15, -0.1) is 0 Å². The van der Waals surface area contributed by atoms with Crippen LogP contribution in [0.4, 0.5) is 4.79 Å². The number of nitrogens with zero attached hydrogens (tertiary/aromatic N) is 2. The second kappa shape index (κ2) is 10.6. The van der Waals surface area contributed by atoms with Gasteiger partial charge in [-0.05, 0) is 38.7 Å². The highest BCUT2D eigenvalue weighted by molar-refractivity contribution is 5.79. The summed E-state index contributed by atoms with van der Waals surface area (Å²) < 4.78 is 10.5. The number of methoxy groups -OCH3 is 1. The van der Waals surface area contributed by atoms with Gasteiger partial charge < -0.3 is 25.0 Å². The molecule has 0 saturated heterocycles. The van der Waals surface area contributed by atoms with Gasteiger partial charge in [0.25, 0.3) is 0 Å². The Morgan fingerprint density at radius 2 is 2.07 bits per heavy atom. The van der Waals surface area contributed by atoms with Crippen molar-refractivity contribution in [3.8, 4) is 5.75 Å². The van der Waals surface area contributed by atoms with Crippen LogP contribution in [0.15, 0.2) is 29.3 Å². The first-order valence-corrected chi connectivity index (χ1v) is 9.63. The van der Waals surface area contributed by atoms with E-state index in [2.05, 4.69) is 15.5 Å². The van der Waals surface area contributed by atoms with Crippen LogP contribution < -0.4 is 15.4 Å². The SMILES string of the molecule is CCNC(=NCC(NC(=O)OCC)C1CC1)N(C)Cc1ccccc1OC. The van der Waals surface area contributed by atoms with E-state index >= 15 is 0 Å². The van der Waals surface area contributed by atoms with Gasteiger partial charge in [0.2, 0.25) is 0 Å². The van der Waals surface area contributed by atoms with Gasteiger partial charge in [-0.25, -0.2) is 4.79 Å². The lowest BCUT2D eigenvalue weighted by Crippen LogP contribution is -2.42. The maximum absolute atomic E-state index is 11.8. The Bertz CT molecular complexity index is 631. The van der Waals surface area contributed by atoms with Crippen LogP contribution in [0.3, 0.4) is 0 Å². The summed E-state index contributed by atoms with van der Waals surface area (Å²) in [6, 6.07) is 7.98. The molecule has 7 nitrogen and oxygen atoms in total. The number of alkyl carbamates (subject to hydrolysis) is 1. The van der Waals surface area contributed by atoms with Gasteiger partial charge in [0.1, 0.15) is 5.75 Å². The van der Waals surface area contributed by atoms with Crippen molar-refractivity contribution >= 4 is 12.1 Å². The molecular formula is C20H32N4O3. The highest BCUT2D eigenvalue weighted by Gasteiger charge is 2.32. The number of carbonyl (C=O) groups excluding carboxylic acids is 1. The van der Waals surface area contributed by atoms with Crippen LogP contribution in [0.1, 0.15) is 32.3 Å². The summed E-state index contributed by atoms with van der Waals surface area (Å²) in [5.41, 5.74) is 1.09. The van der Waals surface area contributed by atoms with Crippen LogP contribution in [0.25, 0.3) is 0 Å². The first-order valence-electron chi connectivity index (χ1n) is 9.63. The lowest BCUT2D eigenvalue weighted by atomic mass is 10.2. The Morgan fingerprint density at radius 3 is 2.70 bits per heavy atom. The van der Waals surface area contributed by atoms with Gasteiger partial charge in [-0.3, -0.25) is 4.99 Å². The normalized spacial score (nSPS) is 15.0. The van der Waals surface area contributed by atoms with E-state index in [1.165, 1.54) is 0 Å². The molecule has 0 radical (unpaired) electrons. The lowest BCUT2D eigenvalue weighted by molar-refractivity contribution is 0.147. The molecule has 7 heteroatoms. The molecule has 150 valence electrons. The van der Waals surface area contributed by atoms with Crippen LogP contribution in [0.2, 0.25) is 0 Å². The van der Waals surface area contributed by atoms with Crippen LogP contribution >= 0.6 is 0 Å². The minimum Gasteiger partial charge on any atom is -0.496 e. The number of amides is 1. The quantitative estimate of drug-likeness (QED) is 0.512.